The molecule has 14 heavy (non-hydrogen) atoms. The summed E-state index contributed by atoms with van der Waals surface area (Å²) >= 11 is 2.24. The molecule has 1 spiro atoms. The van der Waals surface area contributed by atoms with Crippen LogP contribution in [0.25, 0.3) is 0 Å². The smallest absolute Gasteiger partial charge is 0.000168 e. The van der Waals surface area contributed by atoms with Gasteiger partial charge in [-0.1, -0.05) is 12.2 Å². The van der Waals surface area contributed by atoms with Gasteiger partial charge in [0.15, 0.2) is 0 Å². The van der Waals surface area contributed by atoms with Gasteiger partial charge in [-0.2, -0.15) is 11.8 Å². The van der Waals surface area contributed by atoms with Crippen LogP contribution in [0.3, 0.4) is 0 Å². The lowest BCUT2D eigenvalue weighted by Crippen LogP contribution is -2.37. The van der Waals surface area contributed by atoms with Gasteiger partial charge in [0.2, 0.25) is 0 Å². The number of allylic oxidation sites excluding steroid dienone is 2. The zero-order valence-electron chi connectivity index (χ0n) is 8.72. The number of hydrogen-bond acceptors (Lipinski definition) is 1. The zero-order valence-corrected chi connectivity index (χ0v) is 9.54. The molecule has 0 aromatic rings. The van der Waals surface area contributed by atoms with E-state index in [-0.39, 0.29) is 0 Å². The van der Waals surface area contributed by atoms with Crippen LogP contribution >= 0.6 is 11.8 Å². The predicted molar refractivity (Wildman–Crippen MR) is 61.5 cm³/mol. The normalized spacial score (nSPS) is 52.0. The van der Waals surface area contributed by atoms with Crippen molar-refractivity contribution in [2.75, 3.05) is 11.5 Å². The first-order valence-corrected chi connectivity index (χ1v) is 7.17. The fraction of sp³-hybridized carbons (Fsp3) is 0.846. The van der Waals surface area contributed by atoms with Gasteiger partial charge in [-0.3, -0.25) is 0 Å². The van der Waals surface area contributed by atoms with Crippen LogP contribution < -0.4 is 0 Å². The summed E-state index contributed by atoms with van der Waals surface area (Å²) in [6, 6.07) is 0. The maximum absolute atomic E-state index is 2.48. The Kier molecular flexibility index (Phi) is 1.34. The van der Waals surface area contributed by atoms with Crippen LogP contribution in [-0.4, -0.2) is 11.5 Å². The molecule has 0 unspecified atom stereocenters. The van der Waals surface area contributed by atoms with E-state index in [1.54, 1.807) is 25.7 Å². The minimum absolute atomic E-state index is 0.753. The Labute approximate surface area is 90.5 Å². The van der Waals surface area contributed by atoms with Gasteiger partial charge in [0, 0.05) is 0 Å². The van der Waals surface area contributed by atoms with E-state index in [2.05, 4.69) is 23.9 Å². The fourth-order valence-corrected chi connectivity index (χ4v) is 6.50. The van der Waals surface area contributed by atoms with Gasteiger partial charge in [0.05, 0.1) is 0 Å². The van der Waals surface area contributed by atoms with Gasteiger partial charge in [-0.25, -0.2) is 0 Å². The molecule has 0 aromatic carbocycles. The molecule has 0 bridgehead atoms. The van der Waals surface area contributed by atoms with Crippen molar-refractivity contribution in [3.05, 3.63) is 12.2 Å². The Bertz CT molecular complexity index is 289. The van der Waals surface area contributed by atoms with E-state index in [0.29, 0.717) is 0 Å². The number of rotatable bonds is 0. The monoisotopic (exact) mass is 206 g/mol. The van der Waals surface area contributed by atoms with Gasteiger partial charge in [-0.05, 0) is 66.3 Å². The molecule has 1 aliphatic heterocycles. The van der Waals surface area contributed by atoms with Gasteiger partial charge in [0.25, 0.3) is 0 Å². The SMILES string of the molecule is C1=CC[C@]23CSC[C@@]2(C1)CC1(CC1)C3. The van der Waals surface area contributed by atoms with Gasteiger partial charge in [0.1, 0.15) is 0 Å². The lowest BCUT2D eigenvalue weighted by molar-refractivity contribution is 0.131. The van der Waals surface area contributed by atoms with E-state index in [4.69, 9.17) is 0 Å². The van der Waals surface area contributed by atoms with Crippen LogP contribution in [0.1, 0.15) is 38.5 Å². The standard InChI is InChI=1S/C13H18S/c1-2-4-13-8-11(5-6-11)7-12(13,3-1)9-14-10-13/h1-2H,3-10H2/t12-,13+. The molecule has 1 saturated heterocycles. The van der Waals surface area contributed by atoms with E-state index in [9.17, 15) is 0 Å². The average molecular weight is 206 g/mol. The maximum Gasteiger partial charge on any atom is -0.000168 e. The molecule has 4 rings (SSSR count). The predicted octanol–water partition coefficient (Wildman–Crippen LogP) is 3.63. The summed E-state index contributed by atoms with van der Waals surface area (Å²) in [5.74, 6) is 2.94. The molecule has 4 aliphatic rings. The molecule has 0 radical (unpaired) electrons. The largest absolute Gasteiger partial charge is 0.161 e. The van der Waals surface area contributed by atoms with E-state index in [0.717, 1.165) is 16.2 Å². The first-order chi connectivity index (χ1) is 6.79. The molecule has 0 nitrogen and oxygen atoms in total. The minimum atomic E-state index is 0.753. The van der Waals surface area contributed by atoms with Crippen LogP contribution in [-0.2, 0) is 0 Å². The Morgan fingerprint density at radius 1 is 0.857 bits per heavy atom. The Morgan fingerprint density at radius 3 is 1.93 bits per heavy atom. The van der Waals surface area contributed by atoms with Crippen LogP contribution in [0, 0.1) is 16.2 Å². The summed E-state index contributed by atoms with van der Waals surface area (Å²) in [7, 11) is 0. The Morgan fingerprint density at radius 2 is 1.43 bits per heavy atom. The first kappa shape index (κ1) is 8.27. The van der Waals surface area contributed by atoms with Crippen molar-refractivity contribution in [2.24, 2.45) is 16.2 Å². The third kappa shape index (κ3) is 0.801. The van der Waals surface area contributed by atoms with E-state index >= 15 is 0 Å². The quantitative estimate of drug-likeness (QED) is 0.545. The second-order valence-corrected chi connectivity index (χ2v) is 7.27. The molecule has 0 N–H and O–H groups in total. The molecule has 2 saturated carbocycles. The van der Waals surface area contributed by atoms with Crippen molar-refractivity contribution in [3.63, 3.8) is 0 Å². The highest BCUT2D eigenvalue weighted by Gasteiger charge is 2.68. The highest BCUT2D eigenvalue weighted by Crippen LogP contribution is 2.76. The topological polar surface area (TPSA) is 0 Å². The highest BCUT2D eigenvalue weighted by atomic mass is 32.2. The third-order valence-corrected chi connectivity index (χ3v) is 6.96. The number of thioether (sulfide) groups is 1. The lowest BCUT2D eigenvalue weighted by Gasteiger charge is -2.41. The Hall–Kier alpha value is 0.0900. The zero-order chi connectivity index (χ0) is 9.28. The molecule has 2 atom stereocenters. The second kappa shape index (κ2) is 2.26. The summed E-state index contributed by atoms with van der Waals surface area (Å²) in [6.45, 7) is 0. The molecule has 1 heteroatoms. The highest BCUT2D eigenvalue weighted by molar-refractivity contribution is 7.99. The van der Waals surface area contributed by atoms with E-state index in [1.807, 2.05) is 0 Å². The summed E-state index contributed by atoms with van der Waals surface area (Å²) in [4.78, 5) is 0. The van der Waals surface area contributed by atoms with Crippen molar-refractivity contribution in [3.8, 4) is 0 Å². The van der Waals surface area contributed by atoms with Crippen molar-refractivity contribution in [1.29, 1.82) is 0 Å². The van der Waals surface area contributed by atoms with Crippen LogP contribution in [0.4, 0.5) is 0 Å². The first-order valence-electron chi connectivity index (χ1n) is 6.01. The molecule has 0 amide bonds. The van der Waals surface area contributed by atoms with Gasteiger partial charge in [-0.15, -0.1) is 0 Å². The number of hydrogen-bond donors (Lipinski definition) is 0. The molecular formula is C13H18S. The molecular weight excluding hydrogens is 188 g/mol. The van der Waals surface area contributed by atoms with Gasteiger partial charge < -0.3 is 0 Å². The van der Waals surface area contributed by atoms with Crippen LogP contribution in [0.15, 0.2) is 12.2 Å². The molecule has 3 fully saturated rings. The molecule has 1 heterocycles. The van der Waals surface area contributed by atoms with Crippen molar-refractivity contribution in [1.82, 2.24) is 0 Å². The van der Waals surface area contributed by atoms with Crippen molar-refractivity contribution in [2.45, 2.75) is 38.5 Å². The Balaban J connectivity index is 1.82. The minimum Gasteiger partial charge on any atom is -0.161 e. The van der Waals surface area contributed by atoms with E-state index in [1.165, 1.54) is 24.3 Å². The average Bonchev–Trinajstić information content (AvgIpc) is 2.71. The van der Waals surface area contributed by atoms with Crippen LogP contribution in [0.5, 0.6) is 0 Å². The summed E-state index contributed by atoms with van der Waals surface area (Å²) in [6.07, 6.45) is 14.0. The summed E-state index contributed by atoms with van der Waals surface area (Å²) in [5.41, 5.74) is 2.36. The third-order valence-electron chi connectivity index (χ3n) is 5.45. The second-order valence-electron chi connectivity index (χ2n) is 6.29. The van der Waals surface area contributed by atoms with Crippen molar-refractivity contribution >= 4 is 11.8 Å². The fourth-order valence-electron chi connectivity index (χ4n) is 4.57. The summed E-state index contributed by atoms with van der Waals surface area (Å²) < 4.78 is 0. The van der Waals surface area contributed by atoms with Crippen LogP contribution in [0.2, 0.25) is 0 Å². The molecule has 76 valence electrons. The van der Waals surface area contributed by atoms with Gasteiger partial charge >= 0.3 is 0 Å². The molecule has 0 aromatic heterocycles. The molecule has 3 aliphatic carbocycles. The van der Waals surface area contributed by atoms with Crippen molar-refractivity contribution < 1.29 is 0 Å². The lowest BCUT2D eigenvalue weighted by atomic mass is 9.62. The summed E-state index contributed by atoms with van der Waals surface area (Å²) in [5, 5.41) is 0. The maximum atomic E-state index is 2.48. The van der Waals surface area contributed by atoms with E-state index < -0.39 is 0 Å².